The summed E-state index contributed by atoms with van der Waals surface area (Å²) < 4.78 is 68.2. The summed E-state index contributed by atoms with van der Waals surface area (Å²) in [5.74, 6) is -1.30. The topological polar surface area (TPSA) is 237 Å². The van der Waals surface area contributed by atoms with Gasteiger partial charge in [0, 0.05) is 25.7 Å². The van der Waals surface area contributed by atoms with Crippen molar-refractivity contribution in [3.05, 3.63) is 0 Å². The summed E-state index contributed by atoms with van der Waals surface area (Å²) in [6.07, 6.45) is 51.5. The highest BCUT2D eigenvalue weighted by atomic mass is 31.2. The lowest BCUT2D eigenvalue weighted by Crippen LogP contribution is -2.30. The molecule has 0 fully saturated rings. The monoisotopic (exact) mass is 1320 g/mol. The number of aliphatic hydroxyl groups is 1. The summed E-state index contributed by atoms with van der Waals surface area (Å²) >= 11 is 0. The smallest absolute Gasteiger partial charge is 0.462 e. The fourth-order valence-corrected chi connectivity index (χ4v) is 12.4. The first-order chi connectivity index (χ1) is 43.5. The Labute approximate surface area is 549 Å². The Kier molecular flexibility index (Phi) is 63.0. The Morgan fingerprint density at radius 3 is 0.756 bits per heavy atom. The van der Waals surface area contributed by atoms with E-state index in [2.05, 4.69) is 34.6 Å². The highest BCUT2D eigenvalue weighted by Crippen LogP contribution is 2.45. The standard InChI is InChI=1S/C71H138O17P2/c1-6-9-12-15-18-21-22-32-36-40-45-50-55-69(74)82-61-67(88-71(76)57-52-47-42-37-33-30-28-26-24-23-25-27-29-31-35-38-43-48-53-64(4)5)63-86-90(79,80)84-59-65(72)58-83-89(77,78)85-62-66(60-81-68(73)54-49-44-39-20-17-14-11-8-3)87-70(75)56-51-46-41-34-19-16-13-10-7-2/h64-67,72H,6-63H2,1-5H3,(H,77,78)(H,79,80)/t65-,66+,67+/m0/s1. The van der Waals surface area contributed by atoms with Crippen LogP contribution < -0.4 is 0 Å². The molecule has 0 bridgehead atoms. The van der Waals surface area contributed by atoms with Gasteiger partial charge in [0.15, 0.2) is 12.2 Å². The van der Waals surface area contributed by atoms with E-state index in [1.54, 1.807) is 0 Å². The van der Waals surface area contributed by atoms with Gasteiger partial charge in [-0.2, -0.15) is 0 Å². The molecule has 19 heteroatoms. The van der Waals surface area contributed by atoms with Gasteiger partial charge >= 0.3 is 39.5 Å². The molecule has 2 unspecified atom stereocenters. The minimum atomic E-state index is -4.95. The molecule has 0 aromatic rings. The minimum Gasteiger partial charge on any atom is -0.462 e. The van der Waals surface area contributed by atoms with Crippen LogP contribution in [0.15, 0.2) is 0 Å². The number of unbranched alkanes of at least 4 members (excludes halogenated alkanes) is 43. The third-order valence-electron chi connectivity index (χ3n) is 16.5. The number of hydrogen-bond donors (Lipinski definition) is 3. The van der Waals surface area contributed by atoms with E-state index in [0.29, 0.717) is 25.7 Å². The van der Waals surface area contributed by atoms with Crippen molar-refractivity contribution < 1.29 is 80.2 Å². The van der Waals surface area contributed by atoms with Crippen LogP contribution in [0.1, 0.15) is 369 Å². The third kappa shape index (κ3) is 64.8. The second-order valence-corrected chi connectivity index (χ2v) is 29.0. The molecule has 0 heterocycles. The normalized spacial score (nSPS) is 14.1. The Morgan fingerprint density at radius 2 is 0.511 bits per heavy atom. The molecule has 0 aromatic carbocycles. The van der Waals surface area contributed by atoms with Crippen LogP contribution in [-0.4, -0.2) is 96.7 Å². The summed E-state index contributed by atoms with van der Waals surface area (Å²) in [4.78, 5) is 72.4. The summed E-state index contributed by atoms with van der Waals surface area (Å²) in [6.45, 7) is 7.24. The van der Waals surface area contributed by atoms with Gasteiger partial charge in [-0.05, 0) is 31.6 Å². The zero-order valence-corrected chi connectivity index (χ0v) is 60.1. The number of rotatable bonds is 71. The molecule has 3 N–H and O–H groups in total. The maximum Gasteiger partial charge on any atom is 0.472 e. The summed E-state index contributed by atoms with van der Waals surface area (Å²) in [5.41, 5.74) is 0. The van der Waals surface area contributed by atoms with Gasteiger partial charge < -0.3 is 33.8 Å². The first-order valence-electron chi connectivity index (χ1n) is 37.1. The zero-order chi connectivity index (χ0) is 66.3. The van der Waals surface area contributed by atoms with Gasteiger partial charge in [0.1, 0.15) is 19.3 Å². The first-order valence-corrected chi connectivity index (χ1v) is 40.1. The van der Waals surface area contributed by atoms with E-state index in [9.17, 15) is 43.2 Å². The van der Waals surface area contributed by atoms with E-state index < -0.39 is 97.5 Å². The number of esters is 4. The van der Waals surface area contributed by atoms with Gasteiger partial charge in [-0.25, -0.2) is 9.13 Å². The summed E-state index contributed by atoms with van der Waals surface area (Å²) in [7, 11) is -9.89. The van der Waals surface area contributed by atoms with Crippen LogP contribution in [0, 0.1) is 5.92 Å². The molecule has 5 atom stereocenters. The van der Waals surface area contributed by atoms with Gasteiger partial charge in [0.2, 0.25) is 0 Å². The Bertz CT molecular complexity index is 1740. The van der Waals surface area contributed by atoms with Crippen molar-refractivity contribution >= 4 is 39.5 Å². The van der Waals surface area contributed by atoms with Gasteiger partial charge in [-0.15, -0.1) is 0 Å². The Balaban J connectivity index is 5.14. The van der Waals surface area contributed by atoms with Crippen LogP contribution in [0.3, 0.4) is 0 Å². The molecule has 0 radical (unpaired) electrons. The van der Waals surface area contributed by atoms with Gasteiger partial charge in [-0.1, -0.05) is 317 Å². The molecule has 0 saturated carbocycles. The number of carbonyl (C=O) groups excluding carboxylic acids is 4. The SMILES string of the molecule is CCCCCCCCCCCCCCC(=O)OC[C@H](COP(=O)(O)OC[C@@H](O)COP(=O)(O)OC[C@@H](COC(=O)CCCCCCCCCC)OC(=O)CCCCCCCCCCC)OC(=O)CCCCCCCCCCCCCCCCCCCCC(C)C. The molecule has 0 aliphatic heterocycles. The van der Waals surface area contributed by atoms with Gasteiger partial charge in [0.05, 0.1) is 26.4 Å². The molecule has 90 heavy (non-hydrogen) atoms. The third-order valence-corrected chi connectivity index (χ3v) is 18.4. The fraction of sp³-hybridized carbons (Fsp3) is 0.944. The fourth-order valence-electron chi connectivity index (χ4n) is 10.8. The molecule has 0 spiro atoms. The second-order valence-electron chi connectivity index (χ2n) is 26.1. The summed E-state index contributed by atoms with van der Waals surface area (Å²) in [6, 6.07) is 0. The van der Waals surface area contributed by atoms with Crippen molar-refractivity contribution in [1.82, 2.24) is 0 Å². The molecular formula is C71H138O17P2. The first kappa shape index (κ1) is 88.1. The van der Waals surface area contributed by atoms with E-state index in [1.807, 2.05) is 0 Å². The number of carbonyl (C=O) groups is 4. The second kappa shape index (κ2) is 64.4. The molecule has 0 aliphatic rings. The number of ether oxygens (including phenoxy) is 4. The van der Waals surface area contributed by atoms with Crippen LogP contribution in [0.5, 0.6) is 0 Å². The van der Waals surface area contributed by atoms with Crippen molar-refractivity contribution in [2.45, 2.75) is 387 Å². The lowest BCUT2D eigenvalue weighted by Gasteiger charge is -2.21. The molecular weight excluding hydrogens is 1190 g/mol. The largest absolute Gasteiger partial charge is 0.472 e. The average molecular weight is 1330 g/mol. The van der Waals surface area contributed by atoms with Crippen molar-refractivity contribution in [1.29, 1.82) is 0 Å². The summed E-state index contributed by atoms with van der Waals surface area (Å²) in [5, 5.41) is 10.6. The lowest BCUT2D eigenvalue weighted by molar-refractivity contribution is -0.161. The molecule has 534 valence electrons. The number of phosphoric acid groups is 2. The van der Waals surface area contributed by atoms with Crippen LogP contribution in [-0.2, 0) is 65.4 Å². The Morgan fingerprint density at radius 1 is 0.300 bits per heavy atom. The Hall–Kier alpha value is -1.94. The molecule has 0 aliphatic carbocycles. The van der Waals surface area contributed by atoms with Crippen LogP contribution in [0.4, 0.5) is 0 Å². The molecule has 0 saturated heterocycles. The number of phosphoric ester groups is 2. The molecule has 0 rings (SSSR count). The van der Waals surface area contributed by atoms with Gasteiger partial charge in [0.25, 0.3) is 0 Å². The van der Waals surface area contributed by atoms with Crippen molar-refractivity contribution in [3.8, 4) is 0 Å². The van der Waals surface area contributed by atoms with E-state index in [-0.39, 0.29) is 25.7 Å². The highest BCUT2D eigenvalue weighted by Gasteiger charge is 2.30. The van der Waals surface area contributed by atoms with E-state index >= 15 is 0 Å². The van der Waals surface area contributed by atoms with E-state index in [0.717, 1.165) is 102 Å². The van der Waals surface area contributed by atoms with E-state index in [1.165, 1.54) is 186 Å². The number of hydrogen-bond acceptors (Lipinski definition) is 15. The predicted molar refractivity (Wildman–Crippen MR) is 363 cm³/mol. The predicted octanol–water partition coefficient (Wildman–Crippen LogP) is 20.5. The zero-order valence-electron chi connectivity index (χ0n) is 58.3. The lowest BCUT2D eigenvalue weighted by atomic mass is 10.0. The maximum absolute atomic E-state index is 13.0. The van der Waals surface area contributed by atoms with Gasteiger partial charge in [-0.3, -0.25) is 37.3 Å². The molecule has 0 aromatic heterocycles. The van der Waals surface area contributed by atoms with Crippen LogP contribution in [0.25, 0.3) is 0 Å². The van der Waals surface area contributed by atoms with Crippen molar-refractivity contribution in [3.63, 3.8) is 0 Å². The molecule has 17 nitrogen and oxygen atoms in total. The molecule has 0 amide bonds. The van der Waals surface area contributed by atoms with Crippen LogP contribution >= 0.6 is 15.6 Å². The van der Waals surface area contributed by atoms with Crippen LogP contribution in [0.2, 0.25) is 0 Å². The van der Waals surface area contributed by atoms with Crippen molar-refractivity contribution in [2.75, 3.05) is 39.6 Å². The van der Waals surface area contributed by atoms with E-state index in [4.69, 9.17) is 37.0 Å². The number of aliphatic hydroxyl groups excluding tert-OH is 1. The minimum absolute atomic E-state index is 0.106. The average Bonchev–Trinajstić information content (AvgIpc) is 3.72. The maximum atomic E-state index is 13.0. The highest BCUT2D eigenvalue weighted by molar-refractivity contribution is 7.47. The van der Waals surface area contributed by atoms with Crippen molar-refractivity contribution in [2.24, 2.45) is 5.92 Å². The quantitative estimate of drug-likeness (QED) is 0.0222.